The van der Waals surface area contributed by atoms with Crippen molar-refractivity contribution in [2.45, 2.75) is 33.2 Å². The number of hydrogen-bond acceptors (Lipinski definition) is 4. The van der Waals surface area contributed by atoms with E-state index < -0.39 is 11.5 Å². The Kier molecular flexibility index (Phi) is 4.35. The van der Waals surface area contributed by atoms with Gasteiger partial charge >= 0.3 is 5.97 Å². The highest BCUT2D eigenvalue weighted by atomic mass is 16.5. The fourth-order valence-corrected chi connectivity index (χ4v) is 1.61. The number of rotatable bonds is 4. The Balaban J connectivity index is 2.81. The Morgan fingerprint density at radius 2 is 1.78 bits per heavy atom. The minimum Gasteiger partial charge on any atom is -0.491 e. The summed E-state index contributed by atoms with van der Waals surface area (Å²) < 4.78 is 10.3. The molecule has 4 nitrogen and oxygen atoms in total. The molecule has 0 amide bonds. The van der Waals surface area contributed by atoms with E-state index >= 15 is 0 Å². The number of hydrogen-bond donors (Lipinski definition) is 1. The Labute approximate surface area is 108 Å². The van der Waals surface area contributed by atoms with Crippen LogP contribution in [0.1, 0.15) is 23.6 Å². The second-order valence-electron chi connectivity index (χ2n) is 4.90. The molecular weight excluding hydrogens is 230 g/mol. The van der Waals surface area contributed by atoms with Crippen molar-refractivity contribution < 1.29 is 14.3 Å². The van der Waals surface area contributed by atoms with Gasteiger partial charge in [-0.1, -0.05) is 6.07 Å². The molecule has 0 saturated carbocycles. The highest BCUT2D eigenvalue weighted by Gasteiger charge is 2.30. The lowest BCUT2D eigenvalue weighted by atomic mass is 10.0. The van der Waals surface area contributed by atoms with Crippen molar-refractivity contribution in [1.29, 1.82) is 0 Å². The maximum absolute atomic E-state index is 11.4. The number of aryl methyl sites for hydroxylation is 3. The van der Waals surface area contributed by atoms with Crippen LogP contribution in [0.3, 0.4) is 0 Å². The van der Waals surface area contributed by atoms with Gasteiger partial charge in [0.1, 0.15) is 17.9 Å². The first-order valence-electron chi connectivity index (χ1n) is 5.86. The number of ether oxygens (including phenoxy) is 2. The van der Waals surface area contributed by atoms with Crippen LogP contribution in [0.5, 0.6) is 5.75 Å². The van der Waals surface area contributed by atoms with Crippen molar-refractivity contribution in [2.24, 2.45) is 5.73 Å². The van der Waals surface area contributed by atoms with E-state index in [1.54, 1.807) is 6.92 Å². The number of benzene rings is 1. The Morgan fingerprint density at radius 3 is 2.33 bits per heavy atom. The van der Waals surface area contributed by atoms with E-state index in [9.17, 15) is 4.79 Å². The number of carbonyl (C=O) groups is 1. The van der Waals surface area contributed by atoms with Crippen LogP contribution < -0.4 is 10.5 Å². The maximum atomic E-state index is 11.4. The summed E-state index contributed by atoms with van der Waals surface area (Å²) in [5.41, 5.74) is 8.08. The second-order valence-corrected chi connectivity index (χ2v) is 4.90. The smallest absolute Gasteiger partial charge is 0.329 e. The standard InChI is InChI=1S/C14H21NO3/c1-9-6-11(3)12(7-10(9)2)18-8-14(4,15)13(16)17-5/h6-7H,8,15H2,1-5H3. The molecule has 1 atom stereocenters. The second kappa shape index (κ2) is 5.40. The van der Waals surface area contributed by atoms with Crippen LogP contribution >= 0.6 is 0 Å². The van der Waals surface area contributed by atoms with Crippen LogP contribution in [0.4, 0.5) is 0 Å². The zero-order valence-electron chi connectivity index (χ0n) is 11.7. The zero-order valence-corrected chi connectivity index (χ0v) is 11.7. The lowest BCUT2D eigenvalue weighted by molar-refractivity contribution is -0.147. The fraction of sp³-hybridized carbons (Fsp3) is 0.500. The quantitative estimate of drug-likeness (QED) is 0.830. The average molecular weight is 251 g/mol. The summed E-state index contributed by atoms with van der Waals surface area (Å²) >= 11 is 0. The SMILES string of the molecule is COC(=O)C(C)(N)COc1cc(C)c(C)cc1C. The van der Waals surface area contributed by atoms with E-state index in [4.69, 9.17) is 10.5 Å². The lowest BCUT2D eigenvalue weighted by Gasteiger charge is -2.22. The Morgan fingerprint density at radius 1 is 1.22 bits per heavy atom. The molecule has 0 aliphatic rings. The van der Waals surface area contributed by atoms with Gasteiger partial charge in [-0.2, -0.15) is 0 Å². The van der Waals surface area contributed by atoms with Crippen molar-refractivity contribution in [3.63, 3.8) is 0 Å². The van der Waals surface area contributed by atoms with Gasteiger partial charge in [-0.15, -0.1) is 0 Å². The van der Waals surface area contributed by atoms with Gasteiger partial charge in [0.05, 0.1) is 7.11 Å². The highest BCUT2D eigenvalue weighted by molar-refractivity contribution is 5.80. The summed E-state index contributed by atoms with van der Waals surface area (Å²) in [6, 6.07) is 4.01. The van der Waals surface area contributed by atoms with Crippen molar-refractivity contribution in [2.75, 3.05) is 13.7 Å². The molecule has 1 aromatic rings. The number of nitrogens with two attached hydrogens (primary N) is 1. The molecule has 0 heterocycles. The van der Waals surface area contributed by atoms with E-state index in [-0.39, 0.29) is 6.61 Å². The average Bonchev–Trinajstić information content (AvgIpc) is 2.31. The fourth-order valence-electron chi connectivity index (χ4n) is 1.61. The molecule has 0 saturated heterocycles. The van der Waals surface area contributed by atoms with E-state index in [1.807, 2.05) is 26.8 Å². The van der Waals surface area contributed by atoms with Crippen molar-refractivity contribution in [3.8, 4) is 5.75 Å². The molecule has 100 valence electrons. The van der Waals surface area contributed by atoms with Gasteiger partial charge in [0.25, 0.3) is 0 Å². The Bertz CT molecular complexity index is 453. The predicted octanol–water partition coefficient (Wildman–Crippen LogP) is 1.88. The van der Waals surface area contributed by atoms with Crippen molar-refractivity contribution in [1.82, 2.24) is 0 Å². The molecule has 2 N–H and O–H groups in total. The molecule has 4 heteroatoms. The van der Waals surface area contributed by atoms with Gasteiger partial charge < -0.3 is 15.2 Å². The summed E-state index contributed by atoms with van der Waals surface area (Å²) in [5, 5.41) is 0. The summed E-state index contributed by atoms with van der Waals surface area (Å²) in [5.74, 6) is 0.266. The summed E-state index contributed by atoms with van der Waals surface area (Å²) in [4.78, 5) is 11.4. The molecule has 1 aromatic carbocycles. The van der Waals surface area contributed by atoms with Crippen LogP contribution in [0.15, 0.2) is 12.1 Å². The molecule has 18 heavy (non-hydrogen) atoms. The van der Waals surface area contributed by atoms with E-state index in [0.29, 0.717) is 0 Å². The molecule has 0 bridgehead atoms. The number of carbonyl (C=O) groups excluding carboxylic acids is 1. The van der Waals surface area contributed by atoms with Gasteiger partial charge in [0.15, 0.2) is 0 Å². The van der Waals surface area contributed by atoms with Crippen LogP contribution in [0, 0.1) is 20.8 Å². The third kappa shape index (κ3) is 3.23. The van der Waals surface area contributed by atoms with Crippen molar-refractivity contribution in [3.05, 3.63) is 28.8 Å². The third-order valence-corrected chi connectivity index (χ3v) is 2.97. The molecule has 0 aliphatic carbocycles. The molecule has 0 aliphatic heterocycles. The molecular formula is C14H21NO3. The normalized spacial score (nSPS) is 13.9. The van der Waals surface area contributed by atoms with Crippen LogP contribution in [0.2, 0.25) is 0 Å². The van der Waals surface area contributed by atoms with Gasteiger partial charge in [-0.25, -0.2) is 4.79 Å². The molecule has 0 aromatic heterocycles. The first-order valence-corrected chi connectivity index (χ1v) is 5.86. The third-order valence-electron chi connectivity index (χ3n) is 2.97. The molecule has 1 unspecified atom stereocenters. The lowest BCUT2D eigenvalue weighted by Crippen LogP contribution is -2.50. The highest BCUT2D eigenvalue weighted by Crippen LogP contribution is 2.23. The van der Waals surface area contributed by atoms with E-state index in [1.165, 1.54) is 12.7 Å². The van der Waals surface area contributed by atoms with Crippen LogP contribution in [-0.2, 0) is 9.53 Å². The zero-order chi connectivity index (χ0) is 13.9. The summed E-state index contributed by atoms with van der Waals surface area (Å²) in [7, 11) is 1.31. The van der Waals surface area contributed by atoms with Gasteiger partial charge in [0.2, 0.25) is 0 Å². The van der Waals surface area contributed by atoms with Gasteiger partial charge in [-0.05, 0) is 50.5 Å². The van der Waals surface area contributed by atoms with Crippen LogP contribution in [0.25, 0.3) is 0 Å². The first kappa shape index (κ1) is 14.5. The first-order chi connectivity index (χ1) is 8.27. The molecule has 0 radical (unpaired) electrons. The molecule has 0 fully saturated rings. The number of methoxy groups -OCH3 is 1. The topological polar surface area (TPSA) is 61.5 Å². The molecule has 0 spiro atoms. The maximum Gasteiger partial charge on any atom is 0.329 e. The largest absolute Gasteiger partial charge is 0.491 e. The van der Waals surface area contributed by atoms with Crippen LogP contribution in [-0.4, -0.2) is 25.2 Å². The molecule has 1 rings (SSSR count). The van der Waals surface area contributed by atoms with E-state index in [2.05, 4.69) is 10.8 Å². The summed E-state index contributed by atoms with van der Waals surface area (Å²) in [6.45, 7) is 7.71. The van der Waals surface area contributed by atoms with Gasteiger partial charge in [0, 0.05) is 0 Å². The minimum absolute atomic E-state index is 0.0863. The Hall–Kier alpha value is -1.55. The minimum atomic E-state index is -1.14. The summed E-state index contributed by atoms with van der Waals surface area (Å²) in [6.07, 6.45) is 0. The monoisotopic (exact) mass is 251 g/mol. The van der Waals surface area contributed by atoms with Crippen molar-refractivity contribution >= 4 is 5.97 Å². The predicted molar refractivity (Wildman–Crippen MR) is 70.8 cm³/mol. The van der Waals surface area contributed by atoms with E-state index in [0.717, 1.165) is 16.9 Å². The van der Waals surface area contributed by atoms with Gasteiger partial charge in [-0.3, -0.25) is 0 Å². The number of esters is 1.